The van der Waals surface area contributed by atoms with Gasteiger partial charge in [0, 0.05) is 13.1 Å². The number of hydrogen-bond acceptors (Lipinski definition) is 4. The van der Waals surface area contributed by atoms with Crippen molar-refractivity contribution in [3.8, 4) is 16.9 Å². The molecular formula is C33H43N3O4. The summed E-state index contributed by atoms with van der Waals surface area (Å²) in [6, 6.07) is 15.5. The first-order valence-electron chi connectivity index (χ1n) is 14.6. The molecule has 7 heteroatoms. The number of nitrogens with zero attached hydrogens (tertiary/aromatic N) is 1. The van der Waals surface area contributed by atoms with Crippen molar-refractivity contribution in [1.29, 1.82) is 0 Å². The van der Waals surface area contributed by atoms with Gasteiger partial charge in [0.15, 0.2) is 0 Å². The standard InChI is InChI=1S/C33H43N3O4/c1-3-9-28(31(34)37)29(21-23-10-4-5-11-23)32(38)35-30-14-6-7-19-36(33(30)39)22-24-12-8-13-26(20-24)25-15-17-27(40-2)18-16-25/h3,8,12-13,15-18,20,23,28-30H,1,4-7,9-11,14,19,21-22H2,2H3,(H2,34,37)(H,35,38)/t28?,29?,30-/m0/s1. The Hall–Kier alpha value is -3.61. The molecule has 1 saturated heterocycles. The third-order valence-corrected chi connectivity index (χ3v) is 8.49. The van der Waals surface area contributed by atoms with E-state index >= 15 is 0 Å². The monoisotopic (exact) mass is 545 g/mol. The maximum atomic E-state index is 13.7. The highest BCUT2D eigenvalue weighted by Crippen LogP contribution is 2.34. The van der Waals surface area contributed by atoms with Crippen LogP contribution in [-0.2, 0) is 20.9 Å². The summed E-state index contributed by atoms with van der Waals surface area (Å²) in [6.45, 7) is 4.89. The van der Waals surface area contributed by atoms with E-state index in [9.17, 15) is 14.4 Å². The van der Waals surface area contributed by atoms with Gasteiger partial charge < -0.3 is 20.7 Å². The van der Waals surface area contributed by atoms with Gasteiger partial charge in [-0.3, -0.25) is 14.4 Å². The Bertz CT molecular complexity index is 1170. The second-order valence-corrected chi connectivity index (χ2v) is 11.3. The van der Waals surface area contributed by atoms with Gasteiger partial charge in [-0.05, 0) is 72.9 Å². The lowest BCUT2D eigenvalue weighted by molar-refractivity contribution is -0.139. The molecule has 0 bridgehead atoms. The summed E-state index contributed by atoms with van der Waals surface area (Å²) < 4.78 is 5.27. The van der Waals surface area contributed by atoms with Crippen molar-refractivity contribution in [2.45, 2.75) is 70.4 Å². The zero-order valence-electron chi connectivity index (χ0n) is 23.6. The highest BCUT2D eigenvalue weighted by Gasteiger charge is 2.37. The number of methoxy groups -OCH3 is 1. The zero-order valence-corrected chi connectivity index (χ0v) is 23.6. The number of hydrogen-bond donors (Lipinski definition) is 2. The van der Waals surface area contributed by atoms with Crippen LogP contribution in [0.2, 0.25) is 0 Å². The average molecular weight is 546 g/mol. The van der Waals surface area contributed by atoms with E-state index in [4.69, 9.17) is 10.5 Å². The topological polar surface area (TPSA) is 102 Å². The molecule has 1 heterocycles. The minimum atomic E-state index is -0.615. The molecule has 3 N–H and O–H groups in total. The first-order chi connectivity index (χ1) is 19.4. The Morgan fingerprint density at radius 1 is 1.05 bits per heavy atom. The second kappa shape index (κ2) is 14.1. The van der Waals surface area contributed by atoms with E-state index in [1.165, 1.54) is 0 Å². The fourth-order valence-corrected chi connectivity index (χ4v) is 6.25. The van der Waals surface area contributed by atoms with Crippen molar-refractivity contribution in [2.24, 2.45) is 23.5 Å². The summed E-state index contributed by atoms with van der Waals surface area (Å²) in [5, 5.41) is 3.06. The molecule has 3 amide bonds. The molecule has 2 aliphatic rings. The van der Waals surface area contributed by atoms with Crippen LogP contribution in [0.5, 0.6) is 5.75 Å². The van der Waals surface area contributed by atoms with Crippen LogP contribution in [0.25, 0.3) is 11.1 Å². The fourth-order valence-electron chi connectivity index (χ4n) is 6.25. The second-order valence-electron chi connectivity index (χ2n) is 11.3. The van der Waals surface area contributed by atoms with Crippen LogP contribution < -0.4 is 15.8 Å². The Balaban J connectivity index is 1.47. The molecule has 0 aromatic heterocycles. The maximum absolute atomic E-state index is 13.7. The lowest BCUT2D eigenvalue weighted by Crippen LogP contribution is -2.50. The van der Waals surface area contributed by atoms with Gasteiger partial charge in [-0.15, -0.1) is 6.58 Å². The molecule has 2 aromatic rings. The van der Waals surface area contributed by atoms with E-state index in [0.717, 1.165) is 61.0 Å². The third kappa shape index (κ3) is 7.52. The summed E-state index contributed by atoms with van der Waals surface area (Å²) in [4.78, 5) is 41.6. The zero-order chi connectivity index (χ0) is 28.5. The quantitative estimate of drug-likeness (QED) is 0.357. The molecule has 2 fully saturated rings. The van der Waals surface area contributed by atoms with Crippen molar-refractivity contribution < 1.29 is 19.1 Å². The van der Waals surface area contributed by atoms with Gasteiger partial charge in [0.05, 0.1) is 18.9 Å². The van der Waals surface area contributed by atoms with Crippen LogP contribution in [0.1, 0.15) is 63.4 Å². The largest absolute Gasteiger partial charge is 0.497 e. The maximum Gasteiger partial charge on any atom is 0.245 e. The highest BCUT2D eigenvalue weighted by atomic mass is 16.5. The molecule has 214 valence electrons. The minimum Gasteiger partial charge on any atom is -0.497 e. The fraction of sp³-hybridized carbons (Fsp3) is 0.485. The molecule has 0 spiro atoms. The van der Waals surface area contributed by atoms with Gasteiger partial charge in [-0.25, -0.2) is 0 Å². The normalized spacial score (nSPS) is 19.5. The van der Waals surface area contributed by atoms with Crippen LogP contribution in [0.15, 0.2) is 61.2 Å². The van der Waals surface area contributed by atoms with Gasteiger partial charge in [0.2, 0.25) is 17.7 Å². The van der Waals surface area contributed by atoms with Crippen molar-refractivity contribution in [2.75, 3.05) is 13.7 Å². The molecule has 2 aromatic carbocycles. The van der Waals surface area contributed by atoms with Gasteiger partial charge in [0.25, 0.3) is 0 Å². The number of nitrogens with two attached hydrogens (primary N) is 1. The Kier molecular flexibility index (Phi) is 10.4. The Labute approximate surface area is 238 Å². The first kappa shape index (κ1) is 29.4. The van der Waals surface area contributed by atoms with Gasteiger partial charge in [-0.2, -0.15) is 0 Å². The van der Waals surface area contributed by atoms with E-state index in [2.05, 4.69) is 24.0 Å². The number of amides is 3. The molecule has 1 aliphatic heterocycles. The molecule has 3 atom stereocenters. The van der Waals surface area contributed by atoms with Gasteiger partial charge >= 0.3 is 0 Å². The van der Waals surface area contributed by atoms with Crippen LogP contribution >= 0.6 is 0 Å². The van der Waals surface area contributed by atoms with E-state index < -0.39 is 23.8 Å². The summed E-state index contributed by atoms with van der Waals surface area (Å²) >= 11 is 0. The van der Waals surface area contributed by atoms with Crippen molar-refractivity contribution >= 4 is 17.7 Å². The molecule has 0 radical (unpaired) electrons. The number of benzene rings is 2. The summed E-state index contributed by atoms with van der Waals surface area (Å²) in [5.41, 5.74) is 8.93. The smallest absolute Gasteiger partial charge is 0.245 e. The molecule has 7 nitrogen and oxygen atoms in total. The first-order valence-corrected chi connectivity index (χ1v) is 14.6. The highest BCUT2D eigenvalue weighted by molar-refractivity contribution is 5.91. The average Bonchev–Trinajstić information content (AvgIpc) is 3.42. The predicted octanol–water partition coefficient (Wildman–Crippen LogP) is 5.23. The summed E-state index contributed by atoms with van der Waals surface area (Å²) in [7, 11) is 1.65. The number of allylic oxidation sites excluding steroid dienone is 1. The molecule has 2 unspecified atom stereocenters. The number of ether oxygens (including phenoxy) is 1. The number of rotatable bonds is 12. The van der Waals surface area contributed by atoms with Gasteiger partial charge in [-0.1, -0.05) is 62.1 Å². The Morgan fingerprint density at radius 2 is 1.77 bits per heavy atom. The summed E-state index contributed by atoms with van der Waals surface area (Å²) in [6.07, 6.45) is 9.37. The molecule has 1 saturated carbocycles. The predicted molar refractivity (Wildman–Crippen MR) is 157 cm³/mol. The van der Waals surface area contributed by atoms with Gasteiger partial charge in [0.1, 0.15) is 11.8 Å². The SMILES string of the molecule is C=CCC(C(N)=O)C(CC1CCCC1)C(=O)N[C@H]1CCCCN(Cc2cccc(-c3ccc(OC)cc3)c2)C1=O. The van der Waals surface area contributed by atoms with Crippen LogP contribution in [0.3, 0.4) is 0 Å². The van der Waals surface area contributed by atoms with Crippen LogP contribution in [0, 0.1) is 17.8 Å². The lowest BCUT2D eigenvalue weighted by Gasteiger charge is -2.29. The number of primary amides is 1. The van der Waals surface area contributed by atoms with Crippen LogP contribution in [-0.4, -0.2) is 42.3 Å². The molecule has 40 heavy (non-hydrogen) atoms. The molecule has 1 aliphatic carbocycles. The lowest BCUT2D eigenvalue weighted by atomic mass is 9.80. The van der Waals surface area contributed by atoms with Crippen LogP contribution in [0.4, 0.5) is 0 Å². The number of likely N-dealkylation sites (tertiary alicyclic amines) is 1. The number of nitrogens with one attached hydrogen (secondary N) is 1. The minimum absolute atomic E-state index is 0.0698. The number of carbonyl (C=O) groups excluding carboxylic acids is 3. The molecule has 4 rings (SSSR count). The molecular weight excluding hydrogens is 502 g/mol. The third-order valence-electron chi connectivity index (χ3n) is 8.49. The van der Waals surface area contributed by atoms with E-state index in [0.29, 0.717) is 38.3 Å². The van der Waals surface area contributed by atoms with Crippen molar-refractivity contribution in [3.63, 3.8) is 0 Å². The van der Waals surface area contributed by atoms with E-state index in [1.54, 1.807) is 13.2 Å². The number of carbonyl (C=O) groups is 3. The van der Waals surface area contributed by atoms with E-state index in [1.807, 2.05) is 41.3 Å². The van der Waals surface area contributed by atoms with Crippen molar-refractivity contribution in [1.82, 2.24) is 10.2 Å². The van der Waals surface area contributed by atoms with E-state index in [-0.39, 0.29) is 11.8 Å². The Morgan fingerprint density at radius 3 is 2.45 bits per heavy atom. The van der Waals surface area contributed by atoms with Crippen molar-refractivity contribution in [3.05, 3.63) is 66.7 Å². The summed E-state index contributed by atoms with van der Waals surface area (Å²) in [5.74, 6) is -0.746.